The molecule has 0 heterocycles. The summed E-state index contributed by atoms with van der Waals surface area (Å²) in [6.45, 7) is 4.78. The quantitative estimate of drug-likeness (QED) is 0.0243. The lowest BCUT2D eigenvalue weighted by Crippen LogP contribution is -2.45. The number of carbonyl (C=O) groups is 1. The molecule has 458 valence electrons. The number of nitrogens with zero attached hydrogens (tertiary/aromatic N) is 1. The minimum absolute atomic E-state index is 0.0539. The maximum atomic E-state index is 13.0. The summed E-state index contributed by atoms with van der Waals surface area (Å²) in [5, 5.41) is 13.9. The third-order valence-electron chi connectivity index (χ3n) is 15.2. The van der Waals surface area contributed by atoms with Gasteiger partial charge in [-0.1, -0.05) is 299 Å². The van der Waals surface area contributed by atoms with Gasteiger partial charge in [0.05, 0.1) is 39.9 Å². The van der Waals surface area contributed by atoms with Crippen molar-refractivity contribution in [3.8, 4) is 0 Å². The second-order valence-electron chi connectivity index (χ2n) is 24.2. The molecule has 0 rings (SSSR count). The number of aliphatic hydroxyl groups is 1. The SMILES string of the molecule is CCCCCCC/C=C\C/C=C\CCCCCCCCCCCCCCCCCCCCCCCCCCCCCCCC(=O)NC(COP(=O)(O)OCC[N+](C)(C)C)C(O)/C=C/CC/C=C/CC/C=C/CCCCCCC. The minimum atomic E-state index is -4.36. The van der Waals surface area contributed by atoms with Gasteiger partial charge < -0.3 is 19.8 Å². The van der Waals surface area contributed by atoms with E-state index in [1.165, 1.54) is 250 Å². The summed E-state index contributed by atoms with van der Waals surface area (Å²) in [7, 11) is 1.55. The zero-order valence-corrected chi connectivity index (χ0v) is 53.3. The third kappa shape index (κ3) is 61.8. The van der Waals surface area contributed by atoms with Crippen LogP contribution in [-0.2, 0) is 18.4 Å². The molecule has 0 aromatic carbocycles. The number of phosphoric acid groups is 1. The van der Waals surface area contributed by atoms with E-state index in [4.69, 9.17) is 9.05 Å². The molecule has 0 fully saturated rings. The molecule has 3 atom stereocenters. The lowest BCUT2D eigenvalue weighted by atomic mass is 10.0. The van der Waals surface area contributed by atoms with E-state index in [1.54, 1.807) is 6.08 Å². The number of carbonyl (C=O) groups excluding carboxylic acids is 1. The highest BCUT2D eigenvalue weighted by molar-refractivity contribution is 7.47. The highest BCUT2D eigenvalue weighted by Gasteiger charge is 2.28. The Hall–Kier alpha value is -1.80. The first-order chi connectivity index (χ1) is 38.0. The molecule has 0 aliphatic rings. The minimum Gasteiger partial charge on any atom is -0.387 e. The summed E-state index contributed by atoms with van der Waals surface area (Å²) in [6.07, 6.45) is 82.4. The van der Waals surface area contributed by atoms with Gasteiger partial charge in [-0.15, -0.1) is 0 Å². The number of phosphoric ester groups is 1. The lowest BCUT2D eigenvalue weighted by Gasteiger charge is -2.25. The molecule has 3 unspecified atom stereocenters. The summed E-state index contributed by atoms with van der Waals surface area (Å²) in [5.74, 6) is -0.187. The summed E-state index contributed by atoms with van der Waals surface area (Å²) in [4.78, 5) is 23.3. The number of nitrogens with one attached hydrogen (secondary N) is 1. The van der Waals surface area contributed by atoms with E-state index in [0.717, 1.165) is 51.4 Å². The average Bonchev–Trinajstić information content (AvgIpc) is 3.41. The van der Waals surface area contributed by atoms with E-state index in [-0.39, 0.29) is 19.1 Å². The van der Waals surface area contributed by atoms with E-state index >= 15 is 0 Å². The first-order valence-electron chi connectivity index (χ1n) is 33.7. The fourth-order valence-electron chi connectivity index (χ4n) is 9.93. The second kappa shape index (κ2) is 59.8. The van der Waals surface area contributed by atoms with Crippen LogP contribution in [0.2, 0.25) is 0 Å². The van der Waals surface area contributed by atoms with Gasteiger partial charge in [0.1, 0.15) is 13.2 Å². The smallest absolute Gasteiger partial charge is 0.387 e. The predicted molar refractivity (Wildman–Crippen MR) is 341 cm³/mol. The van der Waals surface area contributed by atoms with Crippen molar-refractivity contribution < 1.29 is 32.9 Å². The molecule has 0 aromatic rings. The van der Waals surface area contributed by atoms with Gasteiger partial charge in [0, 0.05) is 6.42 Å². The van der Waals surface area contributed by atoms with Crippen LogP contribution in [0.15, 0.2) is 60.8 Å². The third-order valence-corrected chi connectivity index (χ3v) is 16.2. The van der Waals surface area contributed by atoms with Crippen LogP contribution in [0, 0.1) is 0 Å². The molecular weight excluding hydrogens is 984 g/mol. The fraction of sp³-hybridized carbons (Fsp3) is 0.841. The number of rotatable bonds is 62. The van der Waals surface area contributed by atoms with Crippen molar-refractivity contribution in [2.45, 2.75) is 334 Å². The Balaban J connectivity index is 3.88. The molecule has 0 radical (unpaired) electrons. The van der Waals surface area contributed by atoms with Crippen LogP contribution in [0.4, 0.5) is 0 Å². The van der Waals surface area contributed by atoms with Crippen LogP contribution >= 0.6 is 7.82 Å². The number of amides is 1. The zero-order chi connectivity index (χ0) is 57.0. The summed E-state index contributed by atoms with van der Waals surface area (Å²) >= 11 is 0. The molecule has 0 bridgehead atoms. The van der Waals surface area contributed by atoms with Gasteiger partial charge >= 0.3 is 7.82 Å². The normalized spacial score (nSPS) is 14.1. The largest absolute Gasteiger partial charge is 0.472 e. The van der Waals surface area contributed by atoms with Gasteiger partial charge in [-0.05, 0) is 77.0 Å². The maximum Gasteiger partial charge on any atom is 0.472 e. The Kier molecular flexibility index (Phi) is 58.4. The summed E-state index contributed by atoms with van der Waals surface area (Å²) in [6, 6.07) is -0.869. The van der Waals surface area contributed by atoms with Gasteiger partial charge in [0.2, 0.25) is 5.91 Å². The van der Waals surface area contributed by atoms with Gasteiger partial charge in [-0.2, -0.15) is 0 Å². The Labute approximate surface area is 485 Å². The van der Waals surface area contributed by atoms with E-state index in [1.807, 2.05) is 27.2 Å². The van der Waals surface area contributed by atoms with Crippen molar-refractivity contribution in [1.82, 2.24) is 5.32 Å². The standard InChI is InChI=1S/C69H131N2O6P/c1-6-8-10-12-14-16-18-20-22-23-24-25-26-27-28-29-30-31-32-33-34-35-36-37-38-39-40-41-42-43-44-45-46-47-49-51-53-55-57-59-61-63-69(73)70-67(66-77-78(74,75)76-65-64-71(3,4)5)68(72)62-60-58-56-54-52-50-48-21-19-17-15-13-11-9-7-2/h18-21,23-24,52,54,60,62,67-68,72H,6-17,22,25-51,53,55-59,61,63-66H2,1-5H3,(H-,70,73,74,75)/p+1/b20-18-,21-19+,24-23-,54-52+,62-60+. The van der Waals surface area contributed by atoms with Gasteiger partial charge in [-0.25, -0.2) is 4.57 Å². The number of allylic oxidation sites excluding steroid dienone is 9. The number of unbranched alkanes of at least 4 members (excludes halogenated alkanes) is 41. The lowest BCUT2D eigenvalue weighted by molar-refractivity contribution is -0.870. The molecule has 78 heavy (non-hydrogen) atoms. The Bertz CT molecular complexity index is 1450. The van der Waals surface area contributed by atoms with Gasteiger partial charge in [0.25, 0.3) is 0 Å². The van der Waals surface area contributed by atoms with Crippen molar-refractivity contribution in [2.75, 3.05) is 40.9 Å². The Morgan fingerprint density at radius 2 is 0.744 bits per heavy atom. The molecule has 8 nitrogen and oxygen atoms in total. The van der Waals surface area contributed by atoms with Crippen LogP contribution in [-0.4, -0.2) is 73.4 Å². The monoisotopic (exact) mass is 1120 g/mol. The molecule has 0 aliphatic carbocycles. The number of hydrogen-bond acceptors (Lipinski definition) is 5. The second-order valence-corrected chi connectivity index (χ2v) is 25.6. The van der Waals surface area contributed by atoms with Crippen LogP contribution in [0.1, 0.15) is 322 Å². The first kappa shape index (κ1) is 76.2. The molecular formula is C69H132N2O6P+. The highest BCUT2D eigenvalue weighted by atomic mass is 31.2. The van der Waals surface area contributed by atoms with Crippen LogP contribution in [0.5, 0.6) is 0 Å². The molecule has 1 amide bonds. The Morgan fingerprint density at radius 3 is 1.10 bits per heavy atom. The van der Waals surface area contributed by atoms with Crippen LogP contribution < -0.4 is 5.32 Å². The number of aliphatic hydroxyl groups excluding tert-OH is 1. The molecule has 0 aliphatic heterocycles. The topological polar surface area (TPSA) is 105 Å². The predicted octanol–water partition coefficient (Wildman–Crippen LogP) is 21.2. The summed E-state index contributed by atoms with van der Waals surface area (Å²) in [5.41, 5.74) is 0. The number of hydrogen-bond donors (Lipinski definition) is 3. The zero-order valence-electron chi connectivity index (χ0n) is 52.4. The van der Waals surface area contributed by atoms with E-state index in [9.17, 15) is 19.4 Å². The van der Waals surface area contributed by atoms with E-state index < -0.39 is 20.0 Å². The van der Waals surface area contributed by atoms with Crippen molar-refractivity contribution in [2.24, 2.45) is 0 Å². The molecule has 0 saturated heterocycles. The van der Waals surface area contributed by atoms with Crippen molar-refractivity contribution in [1.29, 1.82) is 0 Å². The molecule has 9 heteroatoms. The van der Waals surface area contributed by atoms with Crippen molar-refractivity contribution in [3.63, 3.8) is 0 Å². The van der Waals surface area contributed by atoms with Gasteiger partial charge in [0.15, 0.2) is 0 Å². The molecule has 0 saturated carbocycles. The van der Waals surface area contributed by atoms with Gasteiger partial charge in [-0.3, -0.25) is 13.8 Å². The van der Waals surface area contributed by atoms with E-state index in [2.05, 4.69) is 67.8 Å². The van der Waals surface area contributed by atoms with E-state index in [0.29, 0.717) is 17.4 Å². The fourth-order valence-corrected chi connectivity index (χ4v) is 10.7. The molecule has 3 N–H and O–H groups in total. The number of likely N-dealkylation sites (N-methyl/N-ethyl adjacent to an activating group) is 1. The summed E-state index contributed by atoms with van der Waals surface area (Å²) < 4.78 is 23.7. The first-order valence-corrected chi connectivity index (χ1v) is 35.2. The molecule has 0 spiro atoms. The number of quaternary nitrogens is 1. The Morgan fingerprint density at radius 1 is 0.436 bits per heavy atom. The van der Waals surface area contributed by atoms with Crippen LogP contribution in [0.25, 0.3) is 0 Å². The van der Waals surface area contributed by atoms with Crippen LogP contribution in [0.3, 0.4) is 0 Å². The van der Waals surface area contributed by atoms with Crippen molar-refractivity contribution >= 4 is 13.7 Å². The maximum absolute atomic E-state index is 13.0. The highest BCUT2D eigenvalue weighted by Crippen LogP contribution is 2.43. The van der Waals surface area contributed by atoms with Crippen molar-refractivity contribution in [3.05, 3.63) is 60.8 Å². The molecule has 0 aromatic heterocycles. The average molecular weight is 1120 g/mol.